The van der Waals surface area contributed by atoms with Crippen molar-refractivity contribution in [3.63, 3.8) is 0 Å². The van der Waals surface area contributed by atoms with E-state index >= 15 is 0 Å². The molecule has 0 saturated carbocycles. The lowest BCUT2D eigenvalue weighted by atomic mass is 10.2. The summed E-state index contributed by atoms with van der Waals surface area (Å²) in [6.07, 6.45) is 2.39. The number of rotatable bonds is 7. The predicted molar refractivity (Wildman–Crippen MR) is 85.5 cm³/mol. The Morgan fingerprint density at radius 3 is 2.55 bits per heavy atom. The summed E-state index contributed by atoms with van der Waals surface area (Å²) in [5, 5.41) is 1.25. The van der Waals surface area contributed by atoms with Crippen molar-refractivity contribution in [1.29, 1.82) is 0 Å². The number of likely N-dealkylation sites (N-methyl/N-ethyl adjacent to an activating group) is 1. The van der Waals surface area contributed by atoms with Gasteiger partial charge in [0.25, 0.3) is 0 Å². The molecule has 1 aromatic carbocycles. The number of ether oxygens (including phenoxy) is 1. The maximum atomic E-state index is 5.75. The lowest BCUT2D eigenvalue weighted by molar-refractivity contribution is 0.243. The highest BCUT2D eigenvalue weighted by Crippen LogP contribution is 2.22. The molecule has 0 aliphatic rings. The lowest BCUT2D eigenvalue weighted by Gasteiger charge is -2.18. The highest BCUT2D eigenvalue weighted by Gasteiger charge is 2.05. The van der Waals surface area contributed by atoms with Gasteiger partial charge in [-0.1, -0.05) is 13.8 Å². The Morgan fingerprint density at radius 1 is 1.15 bits per heavy atom. The molecule has 110 valence electrons. The third-order valence-electron chi connectivity index (χ3n) is 3.67. The normalized spacial score (nSPS) is 11.7. The smallest absolute Gasteiger partial charge is 0.120 e. The monoisotopic (exact) mass is 274 g/mol. The van der Waals surface area contributed by atoms with Crippen molar-refractivity contribution >= 4 is 10.9 Å². The zero-order valence-corrected chi connectivity index (χ0v) is 13.1. The van der Waals surface area contributed by atoms with Crippen molar-refractivity contribution in [2.45, 2.75) is 40.3 Å². The topological polar surface area (TPSA) is 17.4 Å². The molecule has 2 rings (SSSR count). The standard InChI is InChI=1S/C17H26N2O/c1-5-18(6-2)11-12-19-10-9-15-13-16(20-14(3)4)7-8-17(15)19/h7-10,13-14H,5-6,11-12H2,1-4H3. The number of fused-ring (bicyclic) bond motifs is 1. The van der Waals surface area contributed by atoms with E-state index in [1.165, 1.54) is 10.9 Å². The van der Waals surface area contributed by atoms with E-state index < -0.39 is 0 Å². The minimum atomic E-state index is 0.220. The van der Waals surface area contributed by atoms with Crippen LogP contribution in [-0.4, -0.2) is 35.2 Å². The summed E-state index contributed by atoms with van der Waals surface area (Å²) in [4.78, 5) is 2.45. The Kier molecular flexibility index (Phi) is 5.07. The van der Waals surface area contributed by atoms with Gasteiger partial charge in [-0.05, 0) is 51.2 Å². The maximum Gasteiger partial charge on any atom is 0.120 e. The average Bonchev–Trinajstić information content (AvgIpc) is 2.82. The minimum absolute atomic E-state index is 0.220. The van der Waals surface area contributed by atoms with E-state index in [1.54, 1.807) is 0 Å². The van der Waals surface area contributed by atoms with E-state index in [4.69, 9.17) is 4.74 Å². The molecule has 0 fully saturated rings. The quantitative estimate of drug-likeness (QED) is 0.764. The Hall–Kier alpha value is -1.48. The van der Waals surface area contributed by atoms with Gasteiger partial charge in [0.15, 0.2) is 0 Å². The molecule has 0 bridgehead atoms. The molecule has 3 nitrogen and oxygen atoms in total. The molecule has 0 aliphatic carbocycles. The van der Waals surface area contributed by atoms with Gasteiger partial charge < -0.3 is 14.2 Å². The van der Waals surface area contributed by atoms with Crippen LogP contribution in [-0.2, 0) is 6.54 Å². The Labute approximate surface area is 122 Å². The van der Waals surface area contributed by atoms with Gasteiger partial charge in [-0.15, -0.1) is 0 Å². The second-order valence-corrected chi connectivity index (χ2v) is 5.42. The molecule has 3 heteroatoms. The number of benzene rings is 1. The molecule has 20 heavy (non-hydrogen) atoms. The third-order valence-corrected chi connectivity index (χ3v) is 3.67. The van der Waals surface area contributed by atoms with Crippen LogP contribution in [0.4, 0.5) is 0 Å². The molecule has 2 aromatic rings. The van der Waals surface area contributed by atoms with Crippen molar-refractivity contribution < 1.29 is 4.74 Å². The van der Waals surface area contributed by atoms with E-state index in [2.05, 4.69) is 67.6 Å². The van der Waals surface area contributed by atoms with Crippen LogP contribution in [0, 0.1) is 0 Å². The number of nitrogens with zero attached hydrogens (tertiary/aromatic N) is 2. The summed E-state index contributed by atoms with van der Waals surface area (Å²) in [5.74, 6) is 0.953. The Morgan fingerprint density at radius 2 is 1.90 bits per heavy atom. The summed E-state index contributed by atoms with van der Waals surface area (Å²) in [5.41, 5.74) is 1.29. The molecular weight excluding hydrogens is 248 g/mol. The van der Waals surface area contributed by atoms with Crippen LogP contribution in [0.25, 0.3) is 10.9 Å². The van der Waals surface area contributed by atoms with Gasteiger partial charge in [-0.25, -0.2) is 0 Å². The van der Waals surface area contributed by atoms with Crippen molar-refractivity contribution in [2.24, 2.45) is 0 Å². The second kappa shape index (κ2) is 6.80. The number of hydrogen-bond donors (Lipinski definition) is 0. The fraction of sp³-hybridized carbons (Fsp3) is 0.529. The number of hydrogen-bond acceptors (Lipinski definition) is 2. The zero-order chi connectivity index (χ0) is 14.5. The number of aromatic nitrogens is 1. The van der Waals surface area contributed by atoms with Crippen LogP contribution in [0.1, 0.15) is 27.7 Å². The van der Waals surface area contributed by atoms with E-state index in [0.29, 0.717) is 0 Å². The molecule has 0 aliphatic heterocycles. The first kappa shape index (κ1) is 14.9. The first-order valence-corrected chi connectivity index (χ1v) is 7.62. The summed E-state index contributed by atoms with van der Waals surface area (Å²) in [7, 11) is 0. The van der Waals surface area contributed by atoms with Crippen molar-refractivity contribution in [2.75, 3.05) is 19.6 Å². The second-order valence-electron chi connectivity index (χ2n) is 5.42. The first-order chi connectivity index (χ1) is 9.63. The van der Waals surface area contributed by atoms with Crippen LogP contribution in [0.15, 0.2) is 30.5 Å². The van der Waals surface area contributed by atoms with E-state index in [0.717, 1.165) is 31.9 Å². The zero-order valence-electron chi connectivity index (χ0n) is 13.1. The van der Waals surface area contributed by atoms with Gasteiger partial charge in [-0.2, -0.15) is 0 Å². The van der Waals surface area contributed by atoms with Crippen molar-refractivity contribution in [3.05, 3.63) is 30.5 Å². The van der Waals surface area contributed by atoms with E-state index in [9.17, 15) is 0 Å². The molecule has 0 radical (unpaired) electrons. The Balaban J connectivity index is 2.12. The highest BCUT2D eigenvalue weighted by molar-refractivity contribution is 5.81. The molecule has 0 atom stereocenters. The van der Waals surface area contributed by atoms with E-state index in [-0.39, 0.29) is 6.10 Å². The average molecular weight is 274 g/mol. The fourth-order valence-electron chi connectivity index (χ4n) is 2.51. The van der Waals surface area contributed by atoms with Crippen LogP contribution < -0.4 is 4.74 Å². The van der Waals surface area contributed by atoms with Crippen LogP contribution in [0.5, 0.6) is 5.75 Å². The van der Waals surface area contributed by atoms with Crippen LogP contribution >= 0.6 is 0 Å². The summed E-state index contributed by atoms with van der Waals surface area (Å²) in [6, 6.07) is 8.53. The predicted octanol–water partition coefficient (Wildman–Crippen LogP) is 3.77. The molecule has 1 aromatic heterocycles. The van der Waals surface area contributed by atoms with Gasteiger partial charge in [0.2, 0.25) is 0 Å². The van der Waals surface area contributed by atoms with Crippen LogP contribution in [0.3, 0.4) is 0 Å². The van der Waals surface area contributed by atoms with E-state index in [1.807, 2.05) is 0 Å². The van der Waals surface area contributed by atoms with Gasteiger partial charge in [0.05, 0.1) is 6.10 Å². The van der Waals surface area contributed by atoms with Gasteiger partial charge in [0.1, 0.15) is 5.75 Å². The minimum Gasteiger partial charge on any atom is -0.491 e. The summed E-state index contributed by atoms with van der Waals surface area (Å²) >= 11 is 0. The van der Waals surface area contributed by atoms with Crippen molar-refractivity contribution in [1.82, 2.24) is 9.47 Å². The third kappa shape index (κ3) is 3.54. The highest BCUT2D eigenvalue weighted by atomic mass is 16.5. The molecule has 0 N–H and O–H groups in total. The molecule has 0 unspecified atom stereocenters. The molecule has 1 heterocycles. The Bertz CT molecular complexity index is 541. The summed E-state index contributed by atoms with van der Waals surface area (Å²) < 4.78 is 8.07. The largest absolute Gasteiger partial charge is 0.491 e. The van der Waals surface area contributed by atoms with Gasteiger partial charge in [0, 0.05) is 30.2 Å². The maximum absolute atomic E-state index is 5.75. The first-order valence-electron chi connectivity index (χ1n) is 7.62. The fourth-order valence-corrected chi connectivity index (χ4v) is 2.51. The molecule has 0 saturated heterocycles. The molecule has 0 spiro atoms. The van der Waals surface area contributed by atoms with Gasteiger partial charge in [-0.3, -0.25) is 0 Å². The molecule has 0 amide bonds. The molecular formula is C17H26N2O. The van der Waals surface area contributed by atoms with Crippen LogP contribution in [0.2, 0.25) is 0 Å². The van der Waals surface area contributed by atoms with Gasteiger partial charge >= 0.3 is 0 Å². The summed E-state index contributed by atoms with van der Waals surface area (Å²) in [6.45, 7) is 12.9. The van der Waals surface area contributed by atoms with Crippen molar-refractivity contribution in [3.8, 4) is 5.75 Å². The SMILES string of the molecule is CCN(CC)CCn1ccc2cc(OC(C)C)ccc21. The lowest BCUT2D eigenvalue weighted by Crippen LogP contribution is -2.26.